The highest BCUT2D eigenvalue weighted by molar-refractivity contribution is 9.09. The van der Waals surface area contributed by atoms with Gasteiger partial charge in [-0.1, -0.05) is 6.07 Å². The van der Waals surface area contributed by atoms with Gasteiger partial charge in [0.25, 0.3) is 0 Å². The molecule has 0 aliphatic rings. The first-order valence-electron chi connectivity index (χ1n) is 4.00. The van der Waals surface area contributed by atoms with Gasteiger partial charge < -0.3 is 4.98 Å². The van der Waals surface area contributed by atoms with Crippen LogP contribution in [0.5, 0.6) is 0 Å². The number of rotatable bonds is 1. The van der Waals surface area contributed by atoms with Crippen molar-refractivity contribution in [1.82, 2.24) is 9.97 Å². The average molecular weight is 261 g/mol. The van der Waals surface area contributed by atoms with Crippen molar-refractivity contribution in [3.05, 3.63) is 29.6 Å². The SMILES string of the molecule is Cc1ccc2nc(C(F)(F)Br)[nH]c2c1. The first-order valence-corrected chi connectivity index (χ1v) is 4.80. The van der Waals surface area contributed by atoms with E-state index in [1.165, 1.54) is 0 Å². The number of imidazole rings is 1. The number of H-pyrrole nitrogens is 1. The summed E-state index contributed by atoms with van der Waals surface area (Å²) >= 11 is 2.26. The average Bonchev–Trinajstić information content (AvgIpc) is 2.45. The van der Waals surface area contributed by atoms with E-state index in [4.69, 9.17) is 0 Å². The zero-order valence-electron chi connectivity index (χ0n) is 7.31. The third kappa shape index (κ3) is 1.64. The summed E-state index contributed by atoms with van der Waals surface area (Å²) in [6.45, 7) is 1.90. The molecule has 0 fully saturated rings. The van der Waals surface area contributed by atoms with Crippen molar-refractivity contribution >= 4 is 27.0 Å². The number of alkyl halides is 3. The number of fused-ring (bicyclic) bond motifs is 1. The normalized spacial score (nSPS) is 12.3. The van der Waals surface area contributed by atoms with Gasteiger partial charge in [0, 0.05) is 0 Å². The van der Waals surface area contributed by atoms with Gasteiger partial charge in [0.05, 0.1) is 11.0 Å². The number of aromatic nitrogens is 2. The maximum Gasteiger partial charge on any atom is 0.358 e. The van der Waals surface area contributed by atoms with Crippen molar-refractivity contribution in [2.24, 2.45) is 0 Å². The third-order valence-electron chi connectivity index (χ3n) is 1.91. The van der Waals surface area contributed by atoms with E-state index in [1.54, 1.807) is 12.1 Å². The van der Waals surface area contributed by atoms with Gasteiger partial charge >= 0.3 is 4.83 Å². The van der Waals surface area contributed by atoms with Gasteiger partial charge in [0.15, 0.2) is 5.82 Å². The van der Waals surface area contributed by atoms with Gasteiger partial charge in [-0.05, 0) is 40.5 Å². The van der Waals surface area contributed by atoms with E-state index in [2.05, 4.69) is 25.9 Å². The minimum Gasteiger partial charge on any atom is -0.336 e. The van der Waals surface area contributed by atoms with Crippen LogP contribution in [0.3, 0.4) is 0 Å². The molecule has 2 nitrogen and oxygen atoms in total. The van der Waals surface area contributed by atoms with E-state index in [0.29, 0.717) is 11.0 Å². The molecule has 0 amide bonds. The Morgan fingerprint density at radius 1 is 1.43 bits per heavy atom. The van der Waals surface area contributed by atoms with Crippen LogP contribution in [0.1, 0.15) is 11.4 Å². The van der Waals surface area contributed by atoms with Crippen LogP contribution in [-0.2, 0) is 4.83 Å². The Labute approximate surface area is 87.5 Å². The van der Waals surface area contributed by atoms with Crippen LogP contribution in [0.15, 0.2) is 18.2 Å². The van der Waals surface area contributed by atoms with Gasteiger partial charge in [-0.3, -0.25) is 0 Å². The van der Waals surface area contributed by atoms with Crippen LogP contribution in [0, 0.1) is 6.92 Å². The fraction of sp³-hybridized carbons (Fsp3) is 0.222. The molecule has 2 aromatic rings. The van der Waals surface area contributed by atoms with Gasteiger partial charge in [0.1, 0.15) is 0 Å². The van der Waals surface area contributed by atoms with Gasteiger partial charge in [-0.25, -0.2) is 4.98 Å². The van der Waals surface area contributed by atoms with Crippen LogP contribution < -0.4 is 0 Å². The molecule has 0 saturated heterocycles. The van der Waals surface area contributed by atoms with E-state index in [9.17, 15) is 8.78 Å². The van der Waals surface area contributed by atoms with Crippen molar-refractivity contribution in [3.8, 4) is 0 Å². The summed E-state index contributed by atoms with van der Waals surface area (Å²) in [6.07, 6.45) is 0. The molecule has 0 aliphatic heterocycles. The number of aromatic amines is 1. The van der Waals surface area contributed by atoms with E-state index in [1.807, 2.05) is 13.0 Å². The molecule has 0 spiro atoms. The fourth-order valence-electron chi connectivity index (χ4n) is 1.26. The molecule has 0 atom stereocenters. The Kier molecular flexibility index (Phi) is 2.06. The highest BCUT2D eigenvalue weighted by Crippen LogP contribution is 2.33. The lowest BCUT2D eigenvalue weighted by atomic mass is 10.2. The predicted molar refractivity (Wildman–Crippen MR) is 53.7 cm³/mol. The molecule has 5 heteroatoms. The molecule has 0 unspecified atom stereocenters. The molecule has 74 valence electrons. The van der Waals surface area contributed by atoms with Crippen LogP contribution in [0.2, 0.25) is 0 Å². The zero-order chi connectivity index (χ0) is 10.3. The van der Waals surface area contributed by atoms with E-state index in [-0.39, 0.29) is 5.82 Å². The van der Waals surface area contributed by atoms with Crippen LogP contribution in [0.25, 0.3) is 11.0 Å². The first-order chi connectivity index (χ1) is 6.47. The Morgan fingerprint density at radius 3 is 2.79 bits per heavy atom. The number of benzene rings is 1. The predicted octanol–water partition coefficient (Wildman–Crippen LogP) is 3.32. The summed E-state index contributed by atoms with van der Waals surface area (Å²) in [5, 5.41) is 0. The molecule has 0 aliphatic carbocycles. The minimum absolute atomic E-state index is 0.363. The Hall–Kier alpha value is -0.970. The summed E-state index contributed by atoms with van der Waals surface area (Å²) in [7, 11) is 0. The van der Waals surface area contributed by atoms with E-state index < -0.39 is 4.83 Å². The monoisotopic (exact) mass is 260 g/mol. The molecular weight excluding hydrogens is 254 g/mol. The van der Waals surface area contributed by atoms with Gasteiger partial charge in [0.2, 0.25) is 0 Å². The Morgan fingerprint density at radius 2 is 2.14 bits per heavy atom. The number of hydrogen-bond donors (Lipinski definition) is 1. The molecular formula is C9H7BrF2N2. The maximum absolute atomic E-state index is 12.8. The van der Waals surface area contributed by atoms with Crippen molar-refractivity contribution in [3.63, 3.8) is 0 Å². The standard InChI is InChI=1S/C9H7BrF2N2/c1-5-2-3-6-7(4-5)14-8(13-6)9(10,11)12/h2-4H,1H3,(H,13,14). The highest BCUT2D eigenvalue weighted by atomic mass is 79.9. The maximum atomic E-state index is 12.8. The van der Waals surface area contributed by atoms with Gasteiger partial charge in [-0.2, -0.15) is 8.78 Å². The van der Waals surface area contributed by atoms with Crippen molar-refractivity contribution in [1.29, 1.82) is 0 Å². The lowest BCUT2D eigenvalue weighted by Crippen LogP contribution is -2.04. The summed E-state index contributed by atoms with van der Waals surface area (Å²) in [5.41, 5.74) is 2.18. The molecule has 1 N–H and O–H groups in total. The zero-order valence-corrected chi connectivity index (χ0v) is 8.90. The molecule has 2 rings (SSSR count). The van der Waals surface area contributed by atoms with E-state index in [0.717, 1.165) is 5.56 Å². The molecule has 14 heavy (non-hydrogen) atoms. The Balaban J connectivity index is 2.63. The Bertz CT molecular complexity index is 473. The largest absolute Gasteiger partial charge is 0.358 e. The highest BCUT2D eigenvalue weighted by Gasteiger charge is 2.30. The lowest BCUT2D eigenvalue weighted by molar-refractivity contribution is 0.105. The summed E-state index contributed by atoms with van der Waals surface area (Å²) in [4.78, 5) is 3.24. The van der Waals surface area contributed by atoms with Gasteiger partial charge in [-0.15, -0.1) is 0 Å². The van der Waals surface area contributed by atoms with Crippen molar-refractivity contribution in [2.45, 2.75) is 11.8 Å². The summed E-state index contributed by atoms with van der Waals surface area (Å²) < 4.78 is 25.6. The smallest absolute Gasteiger partial charge is 0.336 e. The fourth-order valence-corrected chi connectivity index (χ4v) is 1.45. The quantitative estimate of drug-likeness (QED) is 0.784. The second-order valence-corrected chi connectivity index (χ2v) is 4.10. The molecule has 1 heterocycles. The molecule has 1 aromatic carbocycles. The molecule has 1 aromatic heterocycles. The van der Waals surface area contributed by atoms with Crippen molar-refractivity contribution in [2.75, 3.05) is 0 Å². The van der Waals surface area contributed by atoms with E-state index >= 15 is 0 Å². The number of nitrogens with one attached hydrogen (secondary N) is 1. The summed E-state index contributed by atoms with van der Waals surface area (Å²) in [5.74, 6) is -0.363. The number of hydrogen-bond acceptors (Lipinski definition) is 1. The van der Waals surface area contributed by atoms with Crippen LogP contribution >= 0.6 is 15.9 Å². The molecule has 0 bridgehead atoms. The van der Waals surface area contributed by atoms with Crippen LogP contribution in [-0.4, -0.2) is 9.97 Å². The lowest BCUT2D eigenvalue weighted by Gasteiger charge is -2.01. The second-order valence-electron chi connectivity index (χ2n) is 3.10. The molecule has 0 radical (unpaired) electrons. The third-order valence-corrected chi connectivity index (χ3v) is 2.28. The molecule has 0 saturated carbocycles. The van der Waals surface area contributed by atoms with Crippen LogP contribution in [0.4, 0.5) is 8.78 Å². The van der Waals surface area contributed by atoms with Crippen molar-refractivity contribution < 1.29 is 8.78 Å². The number of nitrogens with zero attached hydrogens (tertiary/aromatic N) is 1. The second kappa shape index (κ2) is 3.02. The first kappa shape index (κ1) is 9.58. The number of halogens is 3. The topological polar surface area (TPSA) is 28.7 Å². The summed E-state index contributed by atoms with van der Waals surface area (Å²) in [6, 6.07) is 5.33. The number of aryl methyl sites for hydroxylation is 1. The minimum atomic E-state index is -3.10.